The number of carbonyl (C=O) groups is 2. The summed E-state index contributed by atoms with van der Waals surface area (Å²) in [5.41, 5.74) is 7.62. The van der Waals surface area contributed by atoms with E-state index in [0.717, 1.165) is 31.2 Å². The Morgan fingerprint density at radius 2 is 1.77 bits per heavy atom. The third-order valence-corrected chi connectivity index (χ3v) is 4.45. The van der Waals surface area contributed by atoms with Crippen LogP contribution in [-0.4, -0.2) is 16.8 Å². The zero-order valence-corrected chi connectivity index (χ0v) is 15.2. The van der Waals surface area contributed by atoms with Gasteiger partial charge < -0.3 is 16.4 Å². The van der Waals surface area contributed by atoms with Crippen molar-refractivity contribution in [3.63, 3.8) is 0 Å². The third-order valence-electron chi connectivity index (χ3n) is 4.45. The van der Waals surface area contributed by atoms with Gasteiger partial charge in [0.1, 0.15) is 5.82 Å². The highest BCUT2D eigenvalue weighted by atomic mass is 35.5. The zero-order chi connectivity index (χ0) is 17.6. The predicted octanol–water partition coefficient (Wildman–Crippen LogP) is 3.14. The number of hydrogen-bond acceptors (Lipinski definition) is 4. The number of anilines is 2. The van der Waals surface area contributed by atoms with Crippen LogP contribution >= 0.6 is 12.4 Å². The summed E-state index contributed by atoms with van der Waals surface area (Å²) in [4.78, 5) is 28.2. The van der Waals surface area contributed by atoms with Gasteiger partial charge in [-0.25, -0.2) is 4.98 Å². The number of amides is 2. The number of nitrogens with one attached hydrogen (secondary N) is 2. The van der Waals surface area contributed by atoms with E-state index in [9.17, 15) is 9.59 Å². The van der Waals surface area contributed by atoms with Gasteiger partial charge in [-0.15, -0.1) is 12.4 Å². The summed E-state index contributed by atoms with van der Waals surface area (Å²) < 4.78 is 0. The third kappa shape index (κ3) is 5.20. The number of nitrogens with zero attached hydrogens (tertiary/aromatic N) is 1. The van der Waals surface area contributed by atoms with Gasteiger partial charge in [0.05, 0.1) is 11.9 Å². The standard InChI is InChI=1S/C19H22N4O2.ClH/c20-17-10-9-16(12-21-17)23-19(25)15-7-5-13(6-8-15)11-22-18(24)14-3-1-2-4-14;/h5-10,12,14H,1-4,11H2,(H2,20,21)(H,22,24)(H,23,25);1H. The van der Waals surface area contributed by atoms with Crippen molar-refractivity contribution < 1.29 is 9.59 Å². The van der Waals surface area contributed by atoms with Crippen LogP contribution in [0.5, 0.6) is 0 Å². The number of hydrogen-bond donors (Lipinski definition) is 3. The van der Waals surface area contributed by atoms with Gasteiger partial charge >= 0.3 is 0 Å². The number of nitrogen functional groups attached to an aromatic ring is 1. The lowest BCUT2D eigenvalue weighted by Gasteiger charge is -2.11. The van der Waals surface area contributed by atoms with Gasteiger partial charge in [0.2, 0.25) is 5.91 Å². The van der Waals surface area contributed by atoms with Crippen LogP contribution in [0.25, 0.3) is 0 Å². The second kappa shape index (κ2) is 9.20. The minimum atomic E-state index is -0.215. The molecule has 3 rings (SSSR count). The zero-order valence-electron chi connectivity index (χ0n) is 14.4. The van der Waals surface area contributed by atoms with Crippen LogP contribution in [0.4, 0.5) is 11.5 Å². The lowest BCUT2D eigenvalue weighted by molar-refractivity contribution is -0.124. The second-order valence-corrected chi connectivity index (χ2v) is 6.32. The molecule has 1 aliphatic rings. The maximum absolute atomic E-state index is 12.2. The van der Waals surface area contributed by atoms with Gasteiger partial charge in [0.25, 0.3) is 5.91 Å². The van der Waals surface area contributed by atoms with Crippen molar-refractivity contribution in [2.45, 2.75) is 32.2 Å². The Balaban J connectivity index is 0.00000243. The van der Waals surface area contributed by atoms with Crippen molar-refractivity contribution in [2.24, 2.45) is 5.92 Å². The number of benzene rings is 1. The summed E-state index contributed by atoms with van der Waals surface area (Å²) in [6, 6.07) is 10.5. The van der Waals surface area contributed by atoms with Crippen molar-refractivity contribution in [3.05, 3.63) is 53.7 Å². The number of nitrogens with two attached hydrogens (primary N) is 1. The SMILES string of the molecule is Cl.Nc1ccc(NC(=O)c2ccc(CNC(=O)C3CCCC3)cc2)cn1. The Morgan fingerprint density at radius 1 is 1.08 bits per heavy atom. The van der Waals surface area contributed by atoms with Crippen LogP contribution in [0.2, 0.25) is 0 Å². The van der Waals surface area contributed by atoms with E-state index >= 15 is 0 Å². The van der Waals surface area contributed by atoms with E-state index in [4.69, 9.17) is 5.73 Å². The first-order chi connectivity index (χ1) is 12.1. The van der Waals surface area contributed by atoms with Crippen LogP contribution < -0.4 is 16.4 Å². The molecule has 1 aromatic heterocycles. The molecule has 26 heavy (non-hydrogen) atoms. The molecule has 7 heteroatoms. The molecule has 1 fully saturated rings. The molecule has 4 N–H and O–H groups in total. The Bertz CT molecular complexity index is 741. The van der Waals surface area contributed by atoms with Crippen molar-refractivity contribution in [2.75, 3.05) is 11.1 Å². The lowest BCUT2D eigenvalue weighted by Crippen LogP contribution is -2.28. The van der Waals surface area contributed by atoms with Crippen LogP contribution in [0.3, 0.4) is 0 Å². The molecule has 2 amide bonds. The summed E-state index contributed by atoms with van der Waals surface area (Å²) in [7, 11) is 0. The van der Waals surface area contributed by atoms with E-state index in [1.54, 1.807) is 24.3 Å². The number of pyridine rings is 1. The molecule has 1 aromatic carbocycles. The summed E-state index contributed by atoms with van der Waals surface area (Å²) in [6.45, 7) is 0.485. The molecule has 138 valence electrons. The van der Waals surface area contributed by atoms with Gasteiger partial charge in [-0.2, -0.15) is 0 Å². The number of halogens is 1. The normalized spacial score (nSPS) is 13.7. The molecule has 1 aliphatic carbocycles. The molecule has 1 heterocycles. The second-order valence-electron chi connectivity index (χ2n) is 6.32. The van der Waals surface area contributed by atoms with Crippen LogP contribution in [0.15, 0.2) is 42.6 Å². The predicted molar refractivity (Wildman–Crippen MR) is 104 cm³/mol. The van der Waals surface area contributed by atoms with Crippen molar-refractivity contribution >= 4 is 35.7 Å². The Kier molecular flexibility index (Phi) is 6.97. The quantitative estimate of drug-likeness (QED) is 0.748. The molecular weight excluding hydrogens is 352 g/mol. The van der Waals surface area contributed by atoms with E-state index in [2.05, 4.69) is 15.6 Å². The summed E-state index contributed by atoms with van der Waals surface area (Å²) in [6.07, 6.45) is 5.78. The average molecular weight is 375 g/mol. The van der Waals surface area contributed by atoms with Gasteiger partial charge in [-0.05, 0) is 42.7 Å². The average Bonchev–Trinajstić information content (AvgIpc) is 3.17. The molecule has 6 nitrogen and oxygen atoms in total. The molecule has 2 aromatic rings. The van der Waals surface area contributed by atoms with Crippen LogP contribution in [-0.2, 0) is 11.3 Å². The Labute approximate surface area is 159 Å². The molecule has 0 spiro atoms. The Hall–Kier alpha value is -2.60. The summed E-state index contributed by atoms with van der Waals surface area (Å²) >= 11 is 0. The smallest absolute Gasteiger partial charge is 0.255 e. The molecule has 0 unspecified atom stereocenters. The maximum Gasteiger partial charge on any atom is 0.255 e. The molecule has 0 atom stereocenters. The van der Waals surface area contributed by atoms with E-state index < -0.39 is 0 Å². The highest BCUT2D eigenvalue weighted by molar-refractivity contribution is 6.04. The minimum absolute atomic E-state index is 0. The Morgan fingerprint density at radius 3 is 2.38 bits per heavy atom. The van der Waals surface area contributed by atoms with Gasteiger partial charge in [-0.3, -0.25) is 9.59 Å². The first kappa shape index (κ1) is 19.7. The molecule has 0 saturated heterocycles. The van der Waals surface area contributed by atoms with Crippen molar-refractivity contribution in [3.8, 4) is 0 Å². The van der Waals surface area contributed by atoms with Crippen LogP contribution in [0, 0.1) is 5.92 Å². The molecule has 0 radical (unpaired) electrons. The van der Waals surface area contributed by atoms with Crippen LogP contribution in [0.1, 0.15) is 41.6 Å². The number of rotatable bonds is 5. The van der Waals surface area contributed by atoms with E-state index in [1.807, 2.05) is 12.1 Å². The summed E-state index contributed by atoms with van der Waals surface area (Å²) in [5, 5.41) is 5.74. The fourth-order valence-electron chi connectivity index (χ4n) is 2.98. The topological polar surface area (TPSA) is 97.1 Å². The van der Waals surface area contributed by atoms with Gasteiger partial charge in [0.15, 0.2) is 0 Å². The van der Waals surface area contributed by atoms with E-state index in [1.165, 1.54) is 6.20 Å². The van der Waals surface area contributed by atoms with Crippen molar-refractivity contribution in [1.82, 2.24) is 10.3 Å². The highest BCUT2D eigenvalue weighted by Gasteiger charge is 2.22. The molecule has 0 bridgehead atoms. The maximum atomic E-state index is 12.2. The first-order valence-corrected chi connectivity index (χ1v) is 8.51. The molecule has 0 aliphatic heterocycles. The molecule has 1 saturated carbocycles. The minimum Gasteiger partial charge on any atom is -0.384 e. The van der Waals surface area contributed by atoms with Gasteiger partial charge in [0, 0.05) is 18.0 Å². The van der Waals surface area contributed by atoms with E-state index in [0.29, 0.717) is 23.6 Å². The first-order valence-electron chi connectivity index (χ1n) is 8.51. The number of aromatic nitrogens is 1. The van der Waals surface area contributed by atoms with Gasteiger partial charge in [-0.1, -0.05) is 25.0 Å². The fraction of sp³-hybridized carbons (Fsp3) is 0.316. The lowest BCUT2D eigenvalue weighted by atomic mass is 10.1. The fourth-order valence-corrected chi connectivity index (χ4v) is 2.98. The van der Waals surface area contributed by atoms with E-state index in [-0.39, 0.29) is 30.1 Å². The van der Waals surface area contributed by atoms with Crippen molar-refractivity contribution in [1.29, 1.82) is 0 Å². The largest absolute Gasteiger partial charge is 0.384 e. The number of carbonyl (C=O) groups excluding carboxylic acids is 2. The molecular formula is C19H23ClN4O2. The monoisotopic (exact) mass is 374 g/mol. The highest BCUT2D eigenvalue weighted by Crippen LogP contribution is 2.24. The summed E-state index contributed by atoms with van der Waals surface area (Å²) in [5.74, 6) is 0.490.